The van der Waals surface area contributed by atoms with E-state index in [9.17, 15) is 9.59 Å². The maximum Gasteiger partial charge on any atom is 0.232 e. The molecule has 0 saturated carbocycles. The molecule has 4 heteroatoms. The highest BCUT2D eigenvalue weighted by molar-refractivity contribution is 5.68. The number of hydrogen-bond donors (Lipinski definition) is 2. The van der Waals surface area contributed by atoms with E-state index in [0.717, 1.165) is 12.6 Å². The van der Waals surface area contributed by atoms with Gasteiger partial charge in [0.25, 0.3) is 0 Å². The largest absolute Gasteiger partial charge is 0.382 e. The van der Waals surface area contributed by atoms with E-state index in [2.05, 4.69) is 0 Å². The van der Waals surface area contributed by atoms with Gasteiger partial charge in [-0.1, -0.05) is 0 Å². The second-order valence-electron chi connectivity index (χ2n) is 1.13. The van der Waals surface area contributed by atoms with Gasteiger partial charge in [0.2, 0.25) is 12.6 Å². The predicted octanol–water partition coefficient (Wildman–Crippen LogP) is -2.07. The van der Waals surface area contributed by atoms with Crippen molar-refractivity contribution < 1.29 is 19.8 Å². The lowest BCUT2D eigenvalue weighted by Gasteiger charge is -1.99. The van der Waals surface area contributed by atoms with Gasteiger partial charge in [0.05, 0.1) is 0 Å². The van der Waals surface area contributed by atoms with E-state index < -0.39 is 12.2 Å². The van der Waals surface area contributed by atoms with Crippen LogP contribution in [0.15, 0.2) is 0 Å². The number of aliphatic hydroxyl groups is 2. The van der Waals surface area contributed by atoms with E-state index in [1.165, 1.54) is 0 Å². The van der Waals surface area contributed by atoms with E-state index in [-0.39, 0.29) is 0 Å². The van der Waals surface area contributed by atoms with Gasteiger partial charge in [-0.15, -0.1) is 0 Å². The third-order valence-corrected chi connectivity index (χ3v) is 0.541. The van der Waals surface area contributed by atoms with Crippen LogP contribution >= 0.6 is 0 Å². The highest BCUT2D eigenvalue weighted by atomic mass is 16.3. The lowest BCUT2D eigenvalue weighted by Crippen LogP contribution is -2.27. The van der Waals surface area contributed by atoms with E-state index in [4.69, 9.17) is 10.2 Å². The SMILES string of the molecule is O=[C][C@H](O)[C@@H](O)[C]=O. The summed E-state index contributed by atoms with van der Waals surface area (Å²) in [6.45, 7) is 0. The molecule has 44 valence electrons. The molecule has 2 N–H and O–H groups in total. The van der Waals surface area contributed by atoms with Crippen molar-refractivity contribution >= 4 is 12.6 Å². The van der Waals surface area contributed by atoms with E-state index >= 15 is 0 Å². The molecular weight excluding hydrogens is 112 g/mol. The summed E-state index contributed by atoms with van der Waals surface area (Å²) in [5, 5.41) is 16.4. The normalized spacial score (nSPS) is 16.8. The van der Waals surface area contributed by atoms with Crippen molar-refractivity contribution in [1.82, 2.24) is 0 Å². The van der Waals surface area contributed by atoms with E-state index in [1.807, 2.05) is 0 Å². The molecule has 0 saturated heterocycles. The second-order valence-corrected chi connectivity index (χ2v) is 1.13. The summed E-state index contributed by atoms with van der Waals surface area (Å²) >= 11 is 0. The van der Waals surface area contributed by atoms with Crippen LogP contribution < -0.4 is 0 Å². The molecule has 0 aromatic heterocycles. The fourth-order valence-corrected chi connectivity index (χ4v) is 0.129. The minimum Gasteiger partial charge on any atom is -0.382 e. The summed E-state index contributed by atoms with van der Waals surface area (Å²) < 4.78 is 0. The van der Waals surface area contributed by atoms with Crippen molar-refractivity contribution in [2.45, 2.75) is 12.2 Å². The zero-order valence-corrected chi connectivity index (χ0v) is 3.87. The first-order valence-electron chi connectivity index (χ1n) is 1.84. The van der Waals surface area contributed by atoms with Gasteiger partial charge < -0.3 is 10.2 Å². The molecule has 0 spiro atoms. The van der Waals surface area contributed by atoms with Gasteiger partial charge in [-0.05, 0) is 0 Å². The summed E-state index contributed by atoms with van der Waals surface area (Å²) in [6.07, 6.45) is -1.50. The van der Waals surface area contributed by atoms with Crippen LogP contribution in [-0.4, -0.2) is 35.0 Å². The zero-order chi connectivity index (χ0) is 6.57. The highest BCUT2D eigenvalue weighted by Gasteiger charge is 2.14. The average molecular weight is 116 g/mol. The van der Waals surface area contributed by atoms with E-state index in [1.54, 1.807) is 0 Å². The Balaban J connectivity index is 3.60. The van der Waals surface area contributed by atoms with Gasteiger partial charge in [0.15, 0.2) is 12.2 Å². The third kappa shape index (κ3) is 1.81. The Morgan fingerprint density at radius 2 is 1.25 bits per heavy atom. The van der Waals surface area contributed by atoms with Gasteiger partial charge in [-0.2, -0.15) is 0 Å². The fraction of sp³-hybridized carbons (Fsp3) is 0.500. The first-order valence-corrected chi connectivity index (χ1v) is 1.84. The van der Waals surface area contributed by atoms with Crippen molar-refractivity contribution in [2.75, 3.05) is 0 Å². The molecule has 4 nitrogen and oxygen atoms in total. The standard InChI is InChI=1S/C4H4O4/c5-1-3(7)4(8)2-6/h3-4,7-8H/t3-,4-/m0/s1. The van der Waals surface area contributed by atoms with Crippen LogP contribution in [0, 0.1) is 0 Å². The maximum atomic E-state index is 9.39. The van der Waals surface area contributed by atoms with Gasteiger partial charge in [0, 0.05) is 0 Å². The molecule has 0 bridgehead atoms. The number of hydrogen-bond acceptors (Lipinski definition) is 4. The Labute approximate surface area is 45.7 Å². The van der Waals surface area contributed by atoms with Crippen LogP contribution in [0.4, 0.5) is 0 Å². The van der Waals surface area contributed by atoms with Crippen LogP contribution in [0.5, 0.6) is 0 Å². The zero-order valence-electron chi connectivity index (χ0n) is 3.87. The fourth-order valence-electron chi connectivity index (χ4n) is 0.129. The molecule has 0 rings (SSSR count). The molecule has 0 fully saturated rings. The van der Waals surface area contributed by atoms with E-state index in [0.29, 0.717) is 0 Å². The minimum absolute atomic E-state index is 1.01. The van der Waals surface area contributed by atoms with Crippen molar-refractivity contribution in [3.8, 4) is 0 Å². The predicted molar refractivity (Wildman–Crippen MR) is 23.4 cm³/mol. The van der Waals surface area contributed by atoms with Crippen LogP contribution in [-0.2, 0) is 9.59 Å². The number of carbonyl (C=O) groups excluding carboxylic acids is 2. The average Bonchev–Trinajstić information content (AvgIpc) is 1.84. The van der Waals surface area contributed by atoms with Gasteiger partial charge >= 0.3 is 0 Å². The molecule has 0 aromatic rings. The Kier molecular flexibility index (Phi) is 2.98. The molecule has 0 aliphatic rings. The molecule has 2 radical (unpaired) electrons. The van der Waals surface area contributed by atoms with Crippen LogP contribution in [0.25, 0.3) is 0 Å². The monoisotopic (exact) mass is 116 g/mol. The summed E-state index contributed by atoms with van der Waals surface area (Å²) in [4.78, 5) is 18.8. The lowest BCUT2D eigenvalue weighted by molar-refractivity contribution is 0.101. The van der Waals surface area contributed by atoms with Gasteiger partial charge in [-0.3, -0.25) is 9.59 Å². The van der Waals surface area contributed by atoms with Gasteiger partial charge in [0.1, 0.15) is 0 Å². The van der Waals surface area contributed by atoms with Crippen LogP contribution in [0.3, 0.4) is 0 Å². The third-order valence-electron chi connectivity index (χ3n) is 0.541. The summed E-state index contributed by atoms with van der Waals surface area (Å²) in [7, 11) is 0. The summed E-state index contributed by atoms with van der Waals surface area (Å²) in [5.41, 5.74) is 0. The molecule has 8 heavy (non-hydrogen) atoms. The molecule has 0 aliphatic heterocycles. The minimum atomic E-state index is -1.76. The molecule has 0 unspecified atom stereocenters. The molecule has 0 heterocycles. The number of aliphatic hydroxyl groups excluding tert-OH is 2. The highest BCUT2D eigenvalue weighted by Crippen LogP contribution is 1.82. The Morgan fingerprint density at radius 3 is 1.38 bits per heavy atom. The first kappa shape index (κ1) is 7.26. The molecule has 0 amide bonds. The Bertz CT molecular complexity index is 78.0. The molecule has 2 atom stereocenters. The smallest absolute Gasteiger partial charge is 0.232 e. The topological polar surface area (TPSA) is 74.6 Å². The second kappa shape index (κ2) is 3.29. The molecule has 0 aliphatic carbocycles. The van der Waals surface area contributed by atoms with Crippen molar-refractivity contribution in [2.24, 2.45) is 0 Å². The number of rotatable bonds is 3. The summed E-state index contributed by atoms with van der Waals surface area (Å²) in [5.74, 6) is 0. The first-order chi connectivity index (χ1) is 3.72. The summed E-state index contributed by atoms with van der Waals surface area (Å²) in [6, 6.07) is 0. The van der Waals surface area contributed by atoms with Crippen molar-refractivity contribution in [3.63, 3.8) is 0 Å². The van der Waals surface area contributed by atoms with Crippen LogP contribution in [0.1, 0.15) is 0 Å². The Hall–Kier alpha value is -0.740. The van der Waals surface area contributed by atoms with Gasteiger partial charge in [-0.25, -0.2) is 0 Å². The van der Waals surface area contributed by atoms with Crippen molar-refractivity contribution in [1.29, 1.82) is 0 Å². The van der Waals surface area contributed by atoms with Crippen LogP contribution in [0.2, 0.25) is 0 Å². The van der Waals surface area contributed by atoms with Crippen molar-refractivity contribution in [3.05, 3.63) is 0 Å². The molecule has 0 aromatic carbocycles. The molecular formula is C4H4O4. The maximum absolute atomic E-state index is 9.39. The quantitative estimate of drug-likeness (QED) is 0.444. The lowest BCUT2D eigenvalue weighted by atomic mass is 10.2. The Morgan fingerprint density at radius 1 is 1.00 bits per heavy atom.